The van der Waals surface area contributed by atoms with Crippen molar-refractivity contribution in [1.29, 1.82) is 0 Å². The topological polar surface area (TPSA) is 76.1 Å². The minimum absolute atomic E-state index is 0.0153. The summed E-state index contributed by atoms with van der Waals surface area (Å²) < 4.78 is 1.75. The Kier molecular flexibility index (Phi) is 6.75. The van der Waals surface area contributed by atoms with Crippen LogP contribution >= 0.6 is 12.2 Å². The number of rotatable bonds is 7. The van der Waals surface area contributed by atoms with E-state index in [4.69, 9.17) is 12.2 Å². The first-order chi connectivity index (χ1) is 13.1. The van der Waals surface area contributed by atoms with Crippen LogP contribution in [0, 0.1) is 10.1 Å². The van der Waals surface area contributed by atoms with Crippen LogP contribution in [-0.2, 0) is 5.41 Å². The monoisotopic (exact) mass is 398 g/mol. The van der Waals surface area contributed by atoms with Crippen LogP contribution in [0.25, 0.3) is 0 Å². The Morgan fingerprint density at radius 2 is 1.82 bits per heavy atom. The number of hydrogen-bond donors (Lipinski definition) is 1. The lowest BCUT2D eigenvalue weighted by atomic mass is 9.88. The Balaban J connectivity index is 2.41. The molecule has 1 aromatic carbocycles. The third-order valence-electron chi connectivity index (χ3n) is 4.30. The van der Waals surface area contributed by atoms with E-state index in [2.05, 4.69) is 32.7 Å². The van der Waals surface area contributed by atoms with Gasteiger partial charge in [-0.05, 0) is 23.1 Å². The smallest absolute Gasteiger partial charge is 0.270 e. The number of nitrogens with one attached hydrogen (secondary N) is 1. The summed E-state index contributed by atoms with van der Waals surface area (Å²) >= 11 is 5.46. The molecule has 1 N–H and O–H groups in total. The van der Waals surface area contributed by atoms with Crippen LogP contribution in [0.3, 0.4) is 0 Å². The number of pyridine rings is 1. The lowest BCUT2D eigenvalue weighted by molar-refractivity contribution is -0.692. The van der Waals surface area contributed by atoms with Crippen LogP contribution in [0.15, 0.2) is 61.4 Å². The number of non-ortho nitro benzene ring substituents is 1. The Hall–Kier alpha value is -2.93. The van der Waals surface area contributed by atoms with Crippen LogP contribution in [0.1, 0.15) is 42.7 Å². The van der Waals surface area contributed by atoms with Gasteiger partial charge >= 0.3 is 0 Å². The summed E-state index contributed by atoms with van der Waals surface area (Å²) in [6.07, 6.45) is 5.32. The Morgan fingerprint density at radius 1 is 1.25 bits per heavy atom. The number of nitro benzene ring substituents is 1. The van der Waals surface area contributed by atoms with E-state index in [9.17, 15) is 14.9 Å². The molecule has 0 saturated heterocycles. The van der Waals surface area contributed by atoms with Gasteiger partial charge in [0.25, 0.3) is 11.7 Å². The molecule has 0 spiro atoms. The zero-order valence-electron chi connectivity index (χ0n) is 16.2. The standard InChI is InChI=1S/C21H23N3O3S/c1-5-12-22-20(28)18(23-13-10-16(11-14-23)21(2,3)4)19(25)15-6-8-17(9-7-15)24(26)27/h5-11,13-14,18H,1,12H2,2-4H3/p+1/t18-/m1/s1. The normalized spacial score (nSPS) is 12.1. The summed E-state index contributed by atoms with van der Waals surface area (Å²) in [6, 6.07) is 8.71. The molecule has 0 aliphatic rings. The summed E-state index contributed by atoms with van der Waals surface area (Å²) in [4.78, 5) is 23.9. The van der Waals surface area contributed by atoms with Crippen molar-refractivity contribution in [3.63, 3.8) is 0 Å². The molecule has 0 radical (unpaired) electrons. The fraction of sp³-hybridized carbons (Fsp3) is 0.286. The Bertz CT molecular complexity index is 885. The first-order valence-corrected chi connectivity index (χ1v) is 9.24. The van der Waals surface area contributed by atoms with E-state index in [0.29, 0.717) is 17.1 Å². The number of thiocarbonyl (C=S) groups is 1. The van der Waals surface area contributed by atoms with Crippen molar-refractivity contribution < 1.29 is 14.3 Å². The van der Waals surface area contributed by atoms with E-state index in [-0.39, 0.29) is 16.9 Å². The SMILES string of the molecule is C=CCNC(=S)[C@@H](C(=O)c1ccc([N+](=O)[O-])cc1)[n+]1ccc(C(C)(C)C)cc1. The van der Waals surface area contributed by atoms with Crippen molar-refractivity contribution in [2.75, 3.05) is 6.54 Å². The number of ketones is 1. The van der Waals surface area contributed by atoms with Crippen molar-refractivity contribution in [1.82, 2.24) is 5.32 Å². The first kappa shape index (κ1) is 21.4. The second-order valence-corrected chi connectivity index (χ2v) is 7.83. The first-order valence-electron chi connectivity index (χ1n) is 8.83. The van der Waals surface area contributed by atoms with Gasteiger partial charge in [0.2, 0.25) is 5.78 Å². The van der Waals surface area contributed by atoms with Crippen LogP contribution in [0.5, 0.6) is 0 Å². The van der Waals surface area contributed by atoms with Crippen molar-refractivity contribution >= 4 is 28.7 Å². The van der Waals surface area contributed by atoms with Crippen molar-refractivity contribution in [2.24, 2.45) is 0 Å². The molecule has 0 amide bonds. The number of benzene rings is 1. The summed E-state index contributed by atoms with van der Waals surface area (Å²) in [6.45, 7) is 10.4. The number of aromatic nitrogens is 1. The Morgan fingerprint density at radius 3 is 2.29 bits per heavy atom. The zero-order valence-corrected chi connectivity index (χ0v) is 17.0. The number of carbonyl (C=O) groups excluding carboxylic acids is 1. The van der Waals surface area contributed by atoms with Crippen LogP contribution in [-0.4, -0.2) is 22.2 Å². The fourth-order valence-electron chi connectivity index (χ4n) is 2.67. The minimum atomic E-state index is -0.759. The molecule has 1 heterocycles. The second kappa shape index (κ2) is 8.84. The predicted octanol–water partition coefficient (Wildman–Crippen LogP) is 3.71. The van der Waals surface area contributed by atoms with Gasteiger partial charge in [-0.25, -0.2) is 0 Å². The highest BCUT2D eigenvalue weighted by molar-refractivity contribution is 7.80. The summed E-state index contributed by atoms with van der Waals surface area (Å²) in [5, 5.41) is 13.9. The molecule has 0 aliphatic carbocycles. The van der Waals surface area contributed by atoms with Gasteiger partial charge in [0.05, 0.1) is 4.92 Å². The summed E-state index contributed by atoms with van der Waals surface area (Å²) in [7, 11) is 0. The van der Waals surface area contributed by atoms with Gasteiger partial charge < -0.3 is 5.32 Å². The van der Waals surface area contributed by atoms with E-state index in [1.165, 1.54) is 24.3 Å². The lowest BCUT2D eigenvalue weighted by Crippen LogP contribution is -2.51. The van der Waals surface area contributed by atoms with Gasteiger partial charge in [0.1, 0.15) is 0 Å². The minimum Gasteiger partial charge on any atom is -0.370 e. The number of Topliss-reactive ketones (excluding diaryl/α,β-unsaturated/α-hetero) is 1. The average Bonchev–Trinajstić information content (AvgIpc) is 2.66. The molecular formula is C21H24N3O3S+. The molecule has 28 heavy (non-hydrogen) atoms. The maximum absolute atomic E-state index is 13.2. The number of carbonyl (C=O) groups is 1. The molecule has 2 aromatic rings. The number of hydrogen-bond acceptors (Lipinski definition) is 4. The van der Waals surface area contributed by atoms with Crippen LogP contribution < -0.4 is 9.88 Å². The number of nitro groups is 1. The molecule has 0 unspecified atom stereocenters. The molecule has 7 heteroatoms. The highest BCUT2D eigenvalue weighted by Gasteiger charge is 2.33. The summed E-state index contributed by atoms with van der Waals surface area (Å²) in [5.41, 5.74) is 1.40. The molecule has 146 valence electrons. The van der Waals surface area contributed by atoms with E-state index in [1.807, 2.05) is 24.5 Å². The van der Waals surface area contributed by atoms with E-state index in [0.717, 1.165) is 5.56 Å². The molecule has 0 saturated carbocycles. The molecule has 0 fully saturated rings. The summed E-state index contributed by atoms with van der Waals surface area (Å²) in [5.74, 6) is -0.245. The molecule has 0 bridgehead atoms. The van der Waals surface area contributed by atoms with Gasteiger partial charge in [-0.3, -0.25) is 14.9 Å². The molecule has 1 atom stereocenters. The predicted molar refractivity (Wildman–Crippen MR) is 113 cm³/mol. The van der Waals surface area contributed by atoms with Gasteiger partial charge in [0.15, 0.2) is 17.4 Å². The van der Waals surface area contributed by atoms with E-state index >= 15 is 0 Å². The van der Waals surface area contributed by atoms with Crippen LogP contribution in [0.4, 0.5) is 5.69 Å². The van der Waals surface area contributed by atoms with Crippen molar-refractivity contribution in [3.8, 4) is 0 Å². The second-order valence-electron chi connectivity index (χ2n) is 7.39. The quantitative estimate of drug-likeness (QED) is 0.192. The van der Waals surface area contributed by atoms with Gasteiger partial charge in [-0.2, -0.15) is 4.57 Å². The van der Waals surface area contributed by atoms with Crippen molar-refractivity contribution in [3.05, 3.63) is 82.7 Å². The number of nitrogens with zero attached hydrogens (tertiary/aromatic N) is 2. The van der Waals surface area contributed by atoms with Crippen molar-refractivity contribution in [2.45, 2.75) is 32.2 Å². The molecule has 2 rings (SSSR count). The highest BCUT2D eigenvalue weighted by atomic mass is 32.1. The largest absolute Gasteiger partial charge is 0.370 e. The molecule has 6 nitrogen and oxygen atoms in total. The average molecular weight is 399 g/mol. The molecule has 0 aliphatic heterocycles. The Labute approximate surface area is 170 Å². The van der Waals surface area contributed by atoms with E-state index in [1.54, 1.807) is 10.6 Å². The lowest BCUT2D eigenvalue weighted by Gasteiger charge is -2.19. The maximum Gasteiger partial charge on any atom is 0.270 e. The zero-order chi connectivity index (χ0) is 20.9. The third kappa shape index (κ3) is 5.07. The van der Waals surface area contributed by atoms with Crippen LogP contribution in [0.2, 0.25) is 0 Å². The van der Waals surface area contributed by atoms with Gasteiger partial charge in [-0.1, -0.05) is 39.1 Å². The fourth-order valence-corrected chi connectivity index (χ4v) is 2.99. The maximum atomic E-state index is 13.2. The molecular weight excluding hydrogens is 374 g/mol. The van der Waals surface area contributed by atoms with Gasteiger partial charge in [-0.15, -0.1) is 6.58 Å². The third-order valence-corrected chi connectivity index (χ3v) is 4.66. The molecule has 1 aromatic heterocycles. The van der Waals surface area contributed by atoms with E-state index < -0.39 is 11.0 Å². The van der Waals surface area contributed by atoms with Gasteiger partial charge in [0, 0.05) is 36.4 Å². The highest BCUT2D eigenvalue weighted by Crippen LogP contribution is 2.21.